The number of carbonyl (C=O) groups excluding carboxylic acids is 1. The van der Waals surface area contributed by atoms with Crippen LogP contribution in [0.2, 0.25) is 0 Å². The second kappa shape index (κ2) is 8.63. The molecule has 0 aliphatic carbocycles. The van der Waals surface area contributed by atoms with Gasteiger partial charge >= 0.3 is 6.09 Å². The number of methoxy groups -OCH3 is 2. The van der Waals surface area contributed by atoms with Gasteiger partial charge in [-0.3, -0.25) is 5.32 Å². The number of anilines is 1. The van der Waals surface area contributed by atoms with Gasteiger partial charge in [0.1, 0.15) is 11.9 Å². The minimum Gasteiger partial charge on any atom is -0.504 e. The molecular formula is C19H21NO5. The van der Waals surface area contributed by atoms with E-state index in [-0.39, 0.29) is 5.75 Å². The Balaban J connectivity index is 2.08. The molecule has 1 atom stereocenters. The van der Waals surface area contributed by atoms with Crippen LogP contribution in [-0.4, -0.2) is 25.4 Å². The molecule has 0 saturated carbocycles. The molecular weight excluding hydrogens is 322 g/mol. The fraction of sp³-hybridized carbons (Fsp3) is 0.211. The molecule has 25 heavy (non-hydrogen) atoms. The second-order valence-corrected chi connectivity index (χ2v) is 5.20. The third kappa shape index (κ3) is 4.91. The lowest BCUT2D eigenvalue weighted by molar-refractivity contribution is 0.112. The number of nitrogens with one attached hydrogen (secondary N) is 1. The molecule has 0 saturated heterocycles. The number of benzene rings is 2. The highest BCUT2D eigenvalue weighted by Gasteiger charge is 2.17. The average molecular weight is 343 g/mol. The quantitative estimate of drug-likeness (QED) is 0.734. The van der Waals surface area contributed by atoms with E-state index in [0.29, 0.717) is 29.2 Å². The van der Waals surface area contributed by atoms with Crippen molar-refractivity contribution in [3.63, 3.8) is 0 Å². The molecule has 0 fully saturated rings. The number of phenols is 1. The van der Waals surface area contributed by atoms with Crippen LogP contribution in [0.3, 0.4) is 0 Å². The van der Waals surface area contributed by atoms with Gasteiger partial charge < -0.3 is 19.3 Å². The van der Waals surface area contributed by atoms with Gasteiger partial charge in [0.15, 0.2) is 11.5 Å². The highest BCUT2D eigenvalue weighted by Crippen LogP contribution is 2.31. The summed E-state index contributed by atoms with van der Waals surface area (Å²) in [6, 6.07) is 11.7. The summed E-state index contributed by atoms with van der Waals surface area (Å²) in [5.41, 5.74) is 1.23. The van der Waals surface area contributed by atoms with Crippen LogP contribution in [0.4, 0.5) is 10.5 Å². The summed E-state index contributed by atoms with van der Waals surface area (Å²) in [5, 5.41) is 12.6. The summed E-state index contributed by atoms with van der Waals surface area (Å²) in [5.74, 6) is 1.02. The van der Waals surface area contributed by atoms with Gasteiger partial charge in [-0.2, -0.15) is 0 Å². The van der Waals surface area contributed by atoms with E-state index in [2.05, 4.69) is 11.9 Å². The Bertz CT molecular complexity index is 727. The molecule has 1 amide bonds. The summed E-state index contributed by atoms with van der Waals surface area (Å²) in [4.78, 5) is 12.1. The van der Waals surface area contributed by atoms with Crippen LogP contribution >= 0.6 is 0 Å². The number of ether oxygens (including phenoxy) is 3. The van der Waals surface area contributed by atoms with E-state index in [0.717, 1.165) is 0 Å². The van der Waals surface area contributed by atoms with Crippen molar-refractivity contribution in [3.05, 3.63) is 60.7 Å². The van der Waals surface area contributed by atoms with Crippen molar-refractivity contribution in [2.45, 2.75) is 12.5 Å². The highest BCUT2D eigenvalue weighted by molar-refractivity contribution is 5.84. The van der Waals surface area contributed by atoms with Crippen molar-refractivity contribution in [1.29, 1.82) is 0 Å². The summed E-state index contributed by atoms with van der Waals surface area (Å²) in [6.07, 6.45) is 0.869. The van der Waals surface area contributed by atoms with Crippen molar-refractivity contribution in [2.24, 2.45) is 0 Å². The fourth-order valence-corrected chi connectivity index (χ4v) is 2.26. The van der Waals surface area contributed by atoms with Crippen molar-refractivity contribution in [1.82, 2.24) is 0 Å². The van der Waals surface area contributed by atoms with Gasteiger partial charge in [-0.15, -0.1) is 6.58 Å². The zero-order chi connectivity index (χ0) is 18.2. The lowest BCUT2D eigenvalue weighted by Crippen LogP contribution is -2.17. The first-order chi connectivity index (χ1) is 12.1. The third-order valence-electron chi connectivity index (χ3n) is 3.54. The zero-order valence-corrected chi connectivity index (χ0v) is 14.2. The standard InChI is InChI=1S/C19H21NO5/c1-4-5-17(13-6-11-18(24-3)16(21)12-13)25-19(22)20-14-7-9-15(23-2)10-8-14/h4,6-12,17,21H,1,5H2,2-3H3,(H,20,22)/t17-/m0/s1. The van der Waals surface area contributed by atoms with E-state index in [9.17, 15) is 9.90 Å². The molecule has 2 rings (SSSR count). The van der Waals surface area contributed by atoms with Crippen LogP contribution < -0.4 is 14.8 Å². The van der Waals surface area contributed by atoms with Gasteiger partial charge in [-0.1, -0.05) is 12.1 Å². The zero-order valence-electron chi connectivity index (χ0n) is 14.2. The van der Waals surface area contributed by atoms with Crippen molar-refractivity contribution in [3.8, 4) is 17.2 Å². The Labute approximate surface area is 146 Å². The molecule has 0 aromatic heterocycles. The Morgan fingerprint density at radius 3 is 2.48 bits per heavy atom. The van der Waals surface area contributed by atoms with Crippen LogP contribution in [0, 0.1) is 0 Å². The first-order valence-corrected chi connectivity index (χ1v) is 7.67. The predicted octanol–water partition coefficient (Wildman–Crippen LogP) is 4.28. The van der Waals surface area contributed by atoms with E-state index in [1.165, 1.54) is 13.2 Å². The molecule has 2 aromatic carbocycles. The van der Waals surface area contributed by atoms with E-state index in [1.54, 1.807) is 49.6 Å². The monoisotopic (exact) mass is 343 g/mol. The molecule has 0 heterocycles. The SMILES string of the molecule is C=CC[C@H](OC(=O)Nc1ccc(OC)cc1)c1ccc(OC)c(O)c1. The van der Waals surface area contributed by atoms with E-state index in [4.69, 9.17) is 14.2 Å². The number of hydrogen-bond donors (Lipinski definition) is 2. The molecule has 2 N–H and O–H groups in total. The van der Waals surface area contributed by atoms with E-state index < -0.39 is 12.2 Å². The highest BCUT2D eigenvalue weighted by atomic mass is 16.6. The summed E-state index contributed by atoms with van der Waals surface area (Å²) < 4.78 is 15.5. The molecule has 2 aromatic rings. The second-order valence-electron chi connectivity index (χ2n) is 5.20. The first kappa shape index (κ1) is 18.2. The Morgan fingerprint density at radius 2 is 1.92 bits per heavy atom. The van der Waals surface area contributed by atoms with Crippen LogP contribution in [0.15, 0.2) is 55.1 Å². The number of aromatic hydroxyl groups is 1. The molecule has 0 radical (unpaired) electrons. The van der Waals surface area contributed by atoms with Crippen molar-refractivity contribution in [2.75, 3.05) is 19.5 Å². The lowest BCUT2D eigenvalue weighted by Gasteiger charge is -2.18. The van der Waals surface area contributed by atoms with Gasteiger partial charge in [0.05, 0.1) is 14.2 Å². The smallest absolute Gasteiger partial charge is 0.412 e. The van der Waals surface area contributed by atoms with Crippen LogP contribution in [-0.2, 0) is 4.74 Å². The number of carbonyl (C=O) groups is 1. The lowest BCUT2D eigenvalue weighted by atomic mass is 10.1. The minimum absolute atomic E-state index is 0.0202. The maximum atomic E-state index is 12.1. The fourth-order valence-electron chi connectivity index (χ4n) is 2.26. The Morgan fingerprint density at radius 1 is 1.20 bits per heavy atom. The molecule has 0 aliphatic rings. The van der Waals surface area contributed by atoms with E-state index >= 15 is 0 Å². The Hall–Kier alpha value is -3.15. The van der Waals surface area contributed by atoms with Gasteiger partial charge in [0.25, 0.3) is 0 Å². The average Bonchev–Trinajstić information content (AvgIpc) is 2.62. The minimum atomic E-state index is -0.604. The third-order valence-corrected chi connectivity index (χ3v) is 3.54. The number of hydrogen-bond acceptors (Lipinski definition) is 5. The number of rotatable bonds is 7. The molecule has 0 unspecified atom stereocenters. The summed E-state index contributed by atoms with van der Waals surface area (Å²) in [7, 11) is 3.04. The molecule has 0 bridgehead atoms. The number of phenolic OH excluding ortho intramolecular Hbond substituents is 1. The molecule has 6 heteroatoms. The molecule has 6 nitrogen and oxygen atoms in total. The summed E-state index contributed by atoms with van der Waals surface area (Å²) >= 11 is 0. The maximum absolute atomic E-state index is 12.1. The largest absolute Gasteiger partial charge is 0.504 e. The van der Waals surface area contributed by atoms with E-state index in [1.807, 2.05) is 0 Å². The van der Waals surface area contributed by atoms with Gasteiger partial charge in [0, 0.05) is 12.1 Å². The number of amides is 1. The Kier molecular flexibility index (Phi) is 6.28. The molecule has 0 spiro atoms. The van der Waals surface area contributed by atoms with Crippen molar-refractivity contribution >= 4 is 11.8 Å². The normalized spacial score (nSPS) is 11.3. The summed E-state index contributed by atoms with van der Waals surface area (Å²) in [6.45, 7) is 3.68. The van der Waals surface area contributed by atoms with Gasteiger partial charge in [-0.25, -0.2) is 4.79 Å². The van der Waals surface area contributed by atoms with Gasteiger partial charge in [-0.05, 0) is 42.0 Å². The van der Waals surface area contributed by atoms with Crippen LogP contribution in [0.5, 0.6) is 17.2 Å². The molecule has 0 aliphatic heterocycles. The van der Waals surface area contributed by atoms with Crippen molar-refractivity contribution < 1.29 is 24.1 Å². The first-order valence-electron chi connectivity index (χ1n) is 7.67. The van der Waals surface area contributed by atoms with Crippen LogP contribution in [0.1, 0.15) is 18.1 Å². The molecule has 132 valence electrons. The maximum Gasteiger partial charge on any atom is 0.412 e. The predicted molar refractivity (Wildman–Crippen MR) is 95.3 cm³/mol. The van der Waals surface area contributed by atoms with Gasteiger partial charge in [0.2, 0.25) is 0 Å². The topological polar surface area (TPSA) is 77.0 Å². The van der Waals surface area contributed by atoms with Crippen LogP contribution in [0.25, 0.3) is 0 Å².